The molecule has 2 aromatic carbocycles. The summed E-state index contributed by atoms with van der Waals surface area (Å²) in [6.07, 6.45) is 1.71. The van der Waals surface area contributed by atoms with Crippen molar-refractivity contribution in [1.82, 2.24) is 19.8 Å². The number of ether oxygens (including phenoxy) is 2. The van der Waals surface area contributed by atoms with E-state index in [1.807, 2.05) is 29.2 Å². The number of aromatic nitrogens is 2. The van der Waals surface area contributed by atoms with Crippen molar-refractivity contribution >= 4 is 22.3 Å². The molecule has 6 rings (SSSR count). The number of benzene rings is 2. The number of aromatic hydroxyl groups is 1. The van der Waals surface area contributed by atoms with Gasteiger partial charge in [0, 0.05) is 62.0 Å². The third-order valence-corrected chi connectivity index (χ3v) is 8.31. The van der Waals surface area contributed by atoms with E-state index in [2.05, 4.69) is 34.4 Å². The standard InChI is InChI=1S/C30H38N6O4/c1-3-28(38)34-10-12-35(13-11-34)29-25-8-9-36(27-17-23(37)16-21-6-4-5-7-24(21)27)18-26(25)31-30(32-29)40-20-22-19-39-15-14-33(22)2/h3-7,16-17,22,28,37-38H,1,8-15,18-20H2,2H3. The summed E-state index contributed by atoms with van der Waals surface area (Å²) in [4.78, 5) is 18.7. The minimum absolute atomic E-state index is 0.149. The number of hydrogen-bond donors (Lipinski definition) is 2. The summed E-state index contributed by atoms with van der Waals surface area (Å²) < 4.78 is 11.9. The van der Waals surface area contributed by atoms with E-state index >= 15 is 0 Å². The molecule has 0 aliphatic carbocycles. The summed E-state index contributed by atoms with van der Waals surface area (Å²) in [5.41, 5.74) is 3.08. The van der Waals surface area contributed by atoms with Crippen molar-refractivity contribution in [3.63, 3.8) is 0 Å². The van der Waals surface area contributed by atoms with E-state index in [-0.39, 0.29) is 11.8 Å². The molecule has 10 nitrogen and oxygen atoms in total. The fourth-order valence-corrected chi connectivity index (χ4v) is 5.89. The Kier molecular flexibility index (Phi) is 7.75. The van der Waals surface area contributed by atoms with Gasteiger partial charge in [0.2, 0.25) is 0 Å². The highest BCUT2D eigenvalue weighted by molar-refractivity contribution is 5.95. The van der Waals surface area contributed by atoms with E-state index in [4.69, 9.17) is 19.4 Å². The van der Waals surface area contributed by atoms with Gasteiger partial charge in [-0.05, 0) is 31.0 Å². The lowest BCUT2D eigenvalue weighted by Crippen LogP contribution is -2.50. The number of rotatable bonds is 7. The lowest BCUT2D eigenvalue weighted by Gasteiger charge is -2.39. The molecular formula is C30H38N6O4. The molecule has 2 fully saturated rings. The Morgan fingerprint density at radius 2 is 1.93 bits per heavy atom. The SMILES string of the molecule is C=CC(O)N1CCN(c2nc(OCC3COCCN3C)nc3c2CCN(c2cc(O)cc4ccccc24)C3)CC1. The molecule has 0 radical (unpaired) electrons. The van der Waals surface area contributed by atoms with Gasteiger partial charge in [0.1, 0.15) is 24.4 Å². The number of hydrogen-bond acceptors (Lipinski definition) is 10. The summed E-state index contributed by atoms with van der Waals surface area (Å²) >= 11 is 0. The van der Waals surface area contributed by atoms with Gasteiger partial charge in [0.05, 0.1) is 31.5 Å². The molecule has 3 aliphatic heterocycles. The van der Waals surface area contributed by atoms with E-state index in [1.165, 1.54) is 0 Å². The molecule has 4 heterocycles. The van der Waals surface area contributed by atoms with Gasteiger partial charge >= 0.3 is 6.01 Å². The van der Waals surface area contributed by atoms with Crippen LogP contribution in [0.15, 0.2) is 49.1 Å². The maximum atomic E-state index is 10.5. The second-order valence-electron chi connectivity index (χ2n) is 10.8. The average Bonchev–Trinajstić information content (AvgIpc) is 2.99. The first-order valence-corrected chi connectivity index (χ1v) is 14.1. The summed E-state index contributed by atoms with van der Waals surface area (Å²) in [6, 6.07) is 12.3. The molecule has 3 aliphatic rings. The molecule has 3 aromatic rings. The highest BCUT2D eigenvalue weighted by Crippen LogP contribution is 2.36. The number of fused-ring (bicyclic) bond motifs is 2. The van der Waals surface area contributed by atoms with Crippen LogP contribution >= 0.6 is 0 Å². The first-order chi connectivity index (χ1) is 19.5. The topological polar surface area (TPSA) is 97.7 Å². The van der Waals surface area contributed by atoms with Crippen LogP contribution in [0.1, 0.15) is 11.3 Å². The van der Waals surface area contributed by atoms with Crippen LogP contribution < -0.4 is 14.5 Å². The number of aliphatic hydroxyl groups is 1. The molecule has 0 bridgehead atoms. The predicted molar refractivity (Wildman–Crippen MR) is 155 cm³/mol. The molecule has 2 N–H and O–H groups in total. The number of piperazine rings is 1. The van der Waals surface area contributed by atoms with Gasteiger partial charge in [-0.15, -0.1) is 0 Å². The van der Waals surface area contributed by atoms with Crippen LogP contribution in [0.4, 0.5) is 11.5 Å². The first kappa shape index (κ1) is 26.8. The Morgan fingerprint density at radius 1 is 1.10 bits per heavy atom. The Morgan fingerprint density at radius 3 is 2.73 bits per heavy atom. The molecule has 1 aromatic heterocycles. The zero-order chi connectivity index (χ0) is 27.6. The number of aliphatic hydroxyl groups excluding tert-OH is 1. The molecule has 2 atom stereocenters. The van der Waals surface area contributed by atoms with E-state index in [9.17, 15) is 10.2 Å². The third kappa shape index (κ3) is 5.44. The van der Waals surface area contributed by atoms with Crippen molar-refractivity contribution in [2.75, 3.05) is 75.9 Å². The maximum Gasteiger partial charge on any atom is 0.318 e. The van der Waals surface area contributed by atoms with Crippen LogP contribution in [-0.4, -0.2) is 108 Å². The Labute approximate surface area is 235 Å². The van der Waals surface area contributed by atoms with Crippen molar-refractivity contribution in [3.05, 3.63) is 60.3 Å². The van der Waals surface area contributed by atoms with E-state index in [0.717, 1.165) is 72.7 Å². The molecule has 0 spiro atoms. The van der Waals surface area contributed by atoms with Crippen molar-refractivity contribution in [2.45, 2.75) is 25.2 Å². The number of anilines is 2. The number of nitrogens with zero attached hydrogens (tertiary/aromatic N) is 6. The van der Waals surface area contributed by atoms with E-state index in [0.29, 0.717) is 38.9 Å². The summed E-state index contributed by atoms with van der Waals surface area (Å²) in [5.74, 6) is 1.17. The molecule has 2 saturated heterocycles. The van der Waals surface area contributed by atoms with Gasteiger partial charge < -0.3 is 29.5 Å². The third-order valence-electron chi connectivity index (χ3n) is 8.31. The number of phenolic OH excluding ortho intramolecular Hbond substituents is 1. The van der Waals surface area contributed by atoms with Gasteiger partial charge in [0.25, 0.3) is 0 Å². The lowest BCUT2D eigenvalue weighted by molar-refractivity contribution is -0.0120. The average molecular weight is 547 g/mol. The molecule has 0 saturated carbocycles. The number of likely N-dealkylation sites (N-methyl/N-ethyl adjacent to an activating group) is 1. The Bertz CT molecular complexity index is 1360. The Hall–Kier alpha value is -3.44. The van der Waals surface area contributed by atoms with Crippen molar-refractivity contribution in [3.8, 4) is 11.8 Å². The normalized spacial score (nSPS) is 21.3. The van der Waals surface area contributed by atoms with Crippen LogP contribution in [0, 0.1) is 0 Å². The van der Waals surface area contributed by atoms with Gasteiger partial charge in [-0.25, -0.2) is 0 Å². The summed E-state index contributed by atoms with van der Waals surface area (Å²) in [6.45, 7) is 10.7. The van der Waals surface area contributed by atoms with Crippen LogP contribution in [0.25, 0.3) is 10.8 Å². The minimum Gasteiger partial charge on any atom is -0.508 e. The predicted octanol–water partition coefficient (Wildman–Crippen LogP) is 2.23. The monoisotopic (exact) mass is 546 g/mol. The van der Waals surface area contributed by atoms with Gasteiger partial charge in [0.15, 0.2) is 0 Å². The van der Waals surface area contributed by atoms with Crippen molar-refractivity contribution < 1.29 is 19.7 Å². The van der Waals surface area contributed by atoms with Crippen molar-refractivity contribution in [2.24, 2.45) is 0 Å². The highest BCUT2D eigenvalue weighted by Gasteiger charge is 2.30. The van der Waals surface area contributed by atoms with Gasteiger partial charge in [-0.1, -0.05) is 30.8 Å². The van der Waals surface area contributed by atoms with Crippen LogP contribution in [0.3, 0.4) is 0 Å². The second-order valence-corrected chi connectivity index (χ2v) is 10.8. The van der Waals surface area contributed by atoms with Gasteiger partial charge in [-0.2, -0.15) is 9.97 Å². The zero-order valence-corrected chi connectivity index (χ0v) is 23.1. The Balaban J connectivity index is 1.30. The maximum absolute atomic E-state index is 10.5. The highest BCUT2D eigenvalue weighted by atomic mass is 16.5. The number of phenols is 1. The molecule has 212 valence electrons. The van der Waals surface area contributed by atoms with Gasteiger partial charge in [-0.3, -0.25) is 9.80 Å². The fraction of sp³-hybridized carbons (Fsp3) is 0.467. The van der Waals surface area contributed by atoms with Crippen LogP contribution in [0.5, 0.6) is 11.8 Å². The van der Waals surface area contributed by atoms with Crippen LogP contribution in [-0.2, 0) is 17.7 Å². The smallest absolute Gasteiger partial charge is 0.318 e. The molecular weight excluding hydrogens is 508 g/mol. The van der Waals surface area contributed by atoms with E-state index < -0.39 is 6.23 Å². The minimum atomic E-state index is -0.638. The van der Waals surface area contributed by atoms with Crippen LogP contribution in [0.2, 0.25) is 0 Å². The summed E-state index contributed by atoms with van der Waals surface area (Å²) in [5, 5.41) is 22.8. The molecule has 10 heteroatoms. The summed E-state index contributed by atoms with van der Waals surface area (Å²) in [7, 11) is 2.09. The quantitative estimate of drug-likeness (QED) is 0.430. The molecule has 2 unspecified atom stereocenters. The second kappa shape index (κ2) is 11.6. The van der Waals surface area contributed by atoms with E-state index in [1.54, 1.807) is 12.1 Å². The lowest BCUT2D eigenvalue weighted by atomic mass is 10.0. The largest absolute Gasteiger partial charge is 0.508 e. The molecule has 0 amide bonds. The number of morpholine rings is 1. The van der Waals surface area contributed by atoms with Crippen molar-refractivity contribution in [1.29, 1.82) is 0 Å². The fourth-order valence-electron chi connectivity index (χ4n) is 5.89. The molecule has 40 heavy (non-hydrogen) atoms. The first-order valence-electron chi connectivity index (χ1n) is 14.1. The zero-order valence-electron chi connectivity index (χ0n) is 23.1.